The number of nitrogens with zero attached hydrogens (tertiary/aromatic N) is 2. The summed E-state index contributed by atoms with van der Waals surface area (Å²) in [7, 11) is 0. The van der Waals surface area contributed by atoms with Crippen molar-refractivity contribution >= 4 is 17.3 Å². The van der Waals surface area contributed by atoms with E-state index in [9.17, 15) is 4.79 Å². The average molecular weight is 360 g/mol. The summed E-state index contributed by atoms with van der Waals surface area (Å²) in [6.45, 7) is 6.86. The summed E-state index contributed by atoms with van der Waals surface area (Å²) in [4.78, 5) is 20.6. The first-order valence-electron chi connectivity index (χ1n) is 9.04. The van der Waals surface area contributed by atoms with Crippen LogP contribution in [-0.4, -0.2) is 15.9 Å². The lowest BCUT2D eigenvalue weighted by Gasteiger charge is -2.17. The van der Waals surface area contributed by atoms with Gasteiger partial charge in [0.15, 0.2) is 0 Å². The lowest BCUT2D eigenvalue weighted by molar-refractivity contribution is 0.0946. The van der Waals surface area contributed by atoms with E-state index in [1.807, 2.05) is 18.2 Å². The number of hydrogen-bond acceptors (Lipinski definition) is 4. The van der Waals surface area contributed by atoms with Crippen LogP contribution in [0.5, 0.6) is 0 Å². The van der Waals surface area contributed by atoms with Crippen LogP contribution in [0.2, 0.25) is 0 Å². The van der Waals surface area contributed by atoms with Gasteiger partial charge >= 0.3 is 0 Å². The van der Waals surface area contributed by atoms with Crippen molar-refractivity contribution in [3.63, 3.8) is 0 Å². The minimum absolute atomic E-state index is 0.204. The molecule has 2 aromatic heterocycles. The van der Waals surface area contributed by atoms with Crippen LogP contribution in [0.3, 0.4) is 0 Å². The Morgan fingerprint density at radius 3 is 2.59 bits per heavy atom. The fraction of sp³-hybridized carbons (Fsp3) is 0.227. The number of para-hydroxylation sites is 1. The summed E-state index contributed by atoms with van der Waals surface area (Å²) in [5.74, 6) is 0.196. The Hall–Kier alpha value is -3.21. The largest absolute Gasteiger partial charge is 0.355 e. The highest BCUT2D eigenvalue weighted by molar-refractivity contribution is 5.93. The lowest BCUT2D eigenvalue weighted by atomic mass is 9.98. The van der Waals surface area contributed by atoms with Gasteiger partial charge in [-0.25, -0.2) is 0 Å². The van der Waals surface area contributed by atoms with Crippen LogP contribution >= 0.6 is 0 Å². The molecule has 0 bridgehead atoms. The van der Waals surface area contributed by atoms with Gasteiger partial charge in [0.25, 0.3) is 5.91 Å². The third-order valence-corrected chi connectivity index (χ3v) is 4.39. The first-order chi connectivity index (χ1) is 13.0. The van der Waals surface area contributed by atoms with E-state index in [0.29, 0.717) is 18.2 Å². The number of rotatable bonds is 6. The van der Waals surface area contributed by atoms with E-state index in [2.05, 4.69) is 59.6 Å². The molecule has 138 valence electrons. The zero-order chi connectivity index (χ0) is 19.2. The Kier molecular flexibility index (Phi) is 5.81. The maximum atomic E-state index is 12.4. The number of carbonyl (C=O) groups is 1. The molecule has 0 aliphatic heterocycles. The Bertz CT molecular complexity index is 923. The molecule has 0 saturated heterocycles. The molecule has 0 aliphatic carbocycles. The Morgan fingerprint density at radius 2 is 1.85 bits per heavy atom. The van der Waals surface area contributed by atoms with Crippen molar-refractivity contribution in [3.8, 4) is 0 Å². The van der Waals surface area contributed by atoms with Gasteiger partial charge in [0.05, 0.1) is 0 Å². The predicted molar refractivity (Wildman–Crippen MR) is 108 cm³/mol. The minimum Gasteiger partial charge on any atom is -0.355 e. The zero-order valence-electron chi connectivity index (χ0n) is 15.9. The summed E-state index contributed by atoms with van der Waals surface area (Å²) in [6, 6.07) is 13.7. The number of benzene rings is 1. The average Bonchev–Trinajstić information content (AvgIpc) is 2.68. The van der Waals surface area contributed by atoms with Crippen molar-refractivity contribution in [3.05, 3.63) is 83.4 Å². The number of aromatic nitrogens is 2. The number of pyridine rings is 2. The van der Waals surface area contributed by atoms with Gasteiger partial charge in [0.1, 0.15) is 5.69 Å². The fourth-order valence-electron chi connectivity index (χ4n) is 2.89. The van der Waals surface area contributed by atoms with E-state index >= 15 is 0 Å². The molecule has 0 radical (unpaired) electrons. The maximum Gasteiger partial charge on any atom is 0.270 e. The summed E-state index contributed by atoms with van der Waals surface area (Å²) in [5.41, 5.74) is 5.72. The summed E-state index contributed by atoms with van der Waals surface area (Å²) >= 11 is 0. The highest BCUT2D eigenvalue weighted by atomic mass is 16.1. The molecular formula is C22H24N4O. The highest BCUT2D eigenvalue weighted by Gasteiger charge is 2.12. The van der Waals surface area contributed by atoms with Crippen molar-refractivity contribution < 1.29 is 4.79 Å². The molecule has 2 N–H and O–H groups in total. The van der Waals surface area contributed by atoms with Crippen LogP contribution in [0.1, 0.15) is 46.9 Å². The number of aryl methyl sites for hydroxylation is 1. The summed E-state index contributed by atoms with van der Waals surface area (Å²) in [6.07, 6.45) is 5.06. The third-order valence-electron chi connectivity index (χ3n) is 4.39. The van der Waals surface area contributed by atoms with Gasteiger partial charge in [-0.2, -0.15) is 0 Å². The molecule has 0 aliphatic rings. The summed E-state index contributed by atoms with van der Waals surface area (Å²) in [5, 5.41) is 6.35. The normalized spacial score (nSPS) is 10.7. The fourth-order valence-corrected chi connectivity index (χ4v) is 2.89. The molecule has 3 aromatic rings. The van der Waals surface area contributed by atoms with E-state index in [1.165, 1.54) is 11.1 Å². The second-order valence-corrected chi connectivity index (χ2v) is 6.79. The number of carbonyl (C=O) groups excluding carboxylic acids is 1. The van der Waals surface area contributed by atoms with Crippen LogP contribution in [0, 0.1) is 6.92 Å². The Morgan fingerprint density at radius 1 is 1.07 bits per heavy atom. The molecule has 0 unspecified atom stereocenters. The molecule has 3 rings (SSSR count). The number of amides is 1. The smallest absolute Gasteiger partial charge is 0.270 e. The van der Waals surface area contributed by atoms with Crippen LogP contribution in [0.25, 0.3) is 0 Å². The quantitative estimate of drug-likeness (QED) is 0.675. The SMILES string of the molecule is Cc1cccc(C(C)C)c1Nc1ccnc(C(=O)NCc2ccncc2)c1. The molecule has 0 spiro atoms. The highest BCUT2D eigenvalue weighted by Crippen LogP contribution is 2.30. The Balaban J connectivity index is 1.75. The molecule has 0 saturated carbocycles. The molecule has 0 fully saturated rings. The van der Waals surface area contributed by atoms with Gasteiger partial charge in [0.2, 0.25) is 0 Å². The van der Waals surface area contributed by atoms with Gasteiger partial charge in [-0.15, -0.1) is 0 Å². The number of nitrogens with one attached hydrogen (secondary N) is 2. The molecule has 2 heterocycles. The first kappa shape index (κ1) is 18.6. The van der Waals surface area contributed by atoms with Crippen LogP contribution in [0.15, 0.2) is 61.1 Å². The second kappa shape index (κ2) is 8.45. The molecule has 27 heavy (non-hydrogen) atoms. The number of hydrogen-bond donors (Lipinski definition) is 2. The summed E-state index contributed by atoms with van der Waals surface area (Å²) < 4.78 is 0. The monoisotopic (exact) mass is 360 g/mol. The maximum absolute atomic E-state index is 12.4. The molecule has 5 nitrogen and oxygen atoms in total. The van der Waals surface area contributed by atoms with E-state index in [1.54, 1.807) is 24.7 Å². The third kappa shape index (κ3) is 4.70. The van der Waals surface area contributed by atoms with Gasteiger partial charge in [-0.1, -0.05) is 32.0 Å². The van der Waals surface area contributed by atoms with Crippen molar-refractivity contribution in [2.75, 3.05) is 5.32 Å². The lowest BCUT2D eigenvalue weighted by Crippen LogP contribution is -2.23. The van der Waals surface area contributed by atoms with Crippen molar-refractivity contribution in [1.29, 1.82) is 0 Å². The van der Waals surface area contributed by atoms with Gasteiger partial charge in [-0.05, 0) is 53.8 Å². The second-order valence-electron chi connectivity index (χ2n) is 6.79. The Labute approximate surface area is 159 Å². The zero-order valence-corrected chi connectivity index (χ0v) is 15.9. The first-order valence-corrected chi connectivity index (χ1v) is 9.04. The predicted octanol–water partition coefficient (Wildman–Crippen LogP) is 4.58. The molecule has 5 heteroatoms. The van der Waals surface area contributed by atoms with E-state index < -0.39 is 0 Å². The van der Waals surface area contributed by atoms with Crippen LogP contribution in [-0.2, 0) is 6.54 Å². The standard InChI is InChI=1S/C22H24N4O/c1-15(2)19-6-4-5-16(3)21(19)26-18-9-12-24-20(13-18)22(27)25-14-17-7-10-23-11-8-17/h4-13,15H,14H2,1-3H3,(H,24,26)(H,25,27). The molecule has 1 amide bonds. The van der Waals surface area contributed by atoms with Crippen molar-refractivity contribution in [2.45, 2.75) is 33.2 Å². The van der Waals surface area contributed by atoms with E-state index in [0.717, 1.165) is 16.9 Å². The van der Waals surface area contributed by atoms with Crippen LogP contribution in [0.4, 0.5) is 11.4 Å². The van der Waals surface area contributed by atoms with E-state index in [-0.39, 0.29) is 5.91 Å². The van der Waals surface area contributed by atoms with Crippen molar-refractivity contribution in [2.24, 2.45) is 0 Å². The molecule has 1 aromatic carbocycles. The van der Waals surface area contributed by atoms with Gasteiger partial charge in [-0.3, -0.25) is 14.8 Å². The van der Waals surface area contributed by atoms with Gasteiger partial charge in [0, 0.05) is 36.5 Å². The van der Waals surface area contributed by atoms with Crippen LogP contribution < -0.4 is 10.6 Å². The topological polar surface area (TPSA) is 66.9 Å². The van der Waals surface area contributed by atoms with E-state index in [4.69, 9.17) is 0 Å². The molecule has 0 atom stereocenters. The number of anilines is 2. The molecular weight excluding hydrogens is 336 g/mol. The van der Waals surface area contributed by atoms with Gasteiger partial charge < -0.3 is 10.6 Å². The van der Waals surface area contributed by atoms with Crippen molar-refractivity contribution in [1.82, 2.24) is 15.3 Å². The minimum atomic E-state index is -0.204.